The molecule has 120 valence electrons. The van der Waals surface area contributed by atoms with Gasteiger partial charge in [-0.3, -0.25) is 4.99 Å². The lowest BCUT2D eigenvalue weighted by atomic mass is 10.1. The van der Waals surface area contributed by atoms with Crippen molar-refractivity contribution in [3.8, 4) is 0 Å². The van der Waals surface area contributed by atoms with E-state index >= 15 is 0 Å². The minimum Gasteiger partial charge on any atom is -0.364 e. The van der Waals surface area contributed by atoms with Gasteiger partial charge in [0.15, 0.2) is 5.96 Å². The van der Waals surface area contributed by atoms with Crippen LogP contribution in [0.3, 0.4) is 0 Å². The molecule has 0 spiro atoms. The van der Waals surface area contributed by atoms with Crippen LogP contribution in [0, 0.1) is 0 Å². The fourth-order valence-electron chi connectivity index (χ4n) is 2.11. The lowest BCUT2D eigenvalue weighted by Gasteiger charge is -2.22. The Morgan fingerprint density at radius 1 is 1.23 bits per heavy atom. The number of aliphatic imine (C=N–C) groups is 1. The summed E-state index contributed by atoms with van der Waals surface area (Å²) in [6, 6.07) is 10.5. The zero-order valence-electron chi connectivity index (χ0n) is 13.2. The van der Waals surface area contributed by atoms with Crippen molar-refractivity contribution in [3.63, 3.8) is 0 Å². The average Bonchev–Trinajstić information content (AvgIpc) is 3.02. The molecule has 0 fully saturated rings. The van der Waals surface area contributed by atoms with Gasteiger partial charge in [-0.1, -0.05) is 36.3 Å². The highest BCUT2D eigenvalue weighted by molar-refractivity contribution is 14.0. The summed E-state index contributed by atoms with van der Waals surface area (Å²) >= 11 is 0. The Labute approximate surface area is 148 Å². The predicted molar refractivity (Wildman–Crippen MR) is 99.4 cm³/mol. The summed E-state index contributed by atoms with van der Waals surface area (Å²) in [5.74, 6) is 0.831. The highest BCUT2D eigenvalue weighted by atomic mass is 127. The van der Waals surface area contributed by atoms with Gasteiger partial charge in [0.25, 0.3) is 0 Å². The molecule has 2 aromatic rings. The third-order valence-corrected chi connectivity index (χ3v) is 3.34. The number of nitrogens with zero attached hydrogens (tertiary/aromatic N) is 3. The van der Waals surface area contributed by atoms with Crippen molar-refractivity contribution >= 4 is 29.9 Å². The van der Waals surface area contributed by atoms with Crippen LogP contribution in [0.5, 0.6) is 0 Å². The highest BCUT2D eigenvalue weighted by Gasteiger charge is 2.07. The molecule has 5 nitrogen and oxygen atoms in total. The van der Waals surface area contributed by atoms with Crippen LogP contribution in [0.2, 0.25) is 0 Å². The second-order valence-electron chi connectivity index (χ2n) is 4.92. The van der Waals surface area contributed by atoms with Gasteiger partial charge in [0, 0.05) is 26.7 Å². The van der Waals surface area contributed by atoms with E-state index in [0.29, 0.717) is 6.54 Å². The van der Waals surface area contributed by atoms with E-state index in [0.717, 1.165) is 24.6 Å². The Kier molecular flexibility index (Phi) is 7.94. The first-order chi connectivity index (χ1) is 10.2. The molecule has 0 aliphatic heterocycles. The van der Waals surface area contributed by atoms with Crippen LogP contribution < -0.4 is 5.32 Å². The summed E-state index contributed by atoms with van der Waals surface area (Å²) in [5, 5.41) is 7.14. The molecule has 22 heavy (non-hydrogen) atoms. The van der Waals surface area contributed by atoms with Crippen LogP contribution in [0.1, 0.15) is 23.7 Å². The third kappa shape index (κ3) is 5.32. The molecule has 6 heteroatoms. The molecule has 0 unspecified atom stereocenters. The SMILES string of the molecule is CCc1ccc(CN(C)C(=NC)NCc2ccon2)cc1.I. The van der Waals surface area contributed by atoms with E-state index in [1.807, 2.05) is 13.1 Å². The molecular formula is C16H23IN4O. The summed E-state index contributed by atoms with van der Waals surface area (Å²) in [6.45, 7) is 3.57. The molecule has 1 N–H and O–H groups in total. The number of aryl methyl sites for hydroxylation is 1. The van der Waals surface area contributed by atoms with Crippen LogP contribution in [0.4, 0.5) is 0 Å². The quantitative estimate of drug-likeness (QED) is 0.464. The molecule has 1 aromatic carbocycles. The van der Waals surface area contributed by atoms with Crippen LogP contribution in [-0.4, -0.2) is 30.1 Å². The van der Waals surface area contributed by atoms with E-state index in [1.54, 1.807) is 13.3 Å². The van der Waals surface area contributed by atoms with Gasteiger partial charge in [-0.2, -0.15) is 0 Å². The van der Waals surface area contributed by atoms with E-state index < -0.39 is 0 Å². The summed E-state index contributed by atoms with van der Waals surface area (Å²) in [6.07, 6.45) is 2.63. The van der Waals surface area contributed by atoms with Gasteiger partial charge in [0.1, 0.15) is 12.0 Å². The van der Waals surface area contributed by atoms with Crippen LogP contribution >= 0.6 is 24.0 Å². The average molecular weight is 414 g/mol. The molecule has 0 atom stereocenters. The van der Waals surface area contributed by atoms with Crippen molar-refractivity contribution in [2.24, 2.45) is 4.99 Å². The minimum absolute atomic E-state index is 0. The van der Waals surface area contributed by atoms with Crippen molar-refractivity contribution in [2.45, 2.75) is 26.4 Å². The predicted octanol–water partition coefficient (Wildman–Crippen LogP) is 3.06. The number of aromatic nitrogens is 1. The molecule has 1 aromatic heterocycles. The van der Waals surface area contributed by atoms with Crippen molar-refractivity contribution in [1.29, 1.82) is 0 Å². The first-order valence-corrected chi connectivity index (χ1v) is 7.11. The van der Waals surface area contributed by atoms with Gasteiger partial charge in [-0.05, 0) is 17.5 Å². The van der Waals surface area contributed by atoms with Crippen molar-refractivity contribution in [3.05, 3.63) is 53.4 Å². The molecule has 0 aliphatic rings. The number of hydrogen-bond acceptors (Lipinski definition) is 3. The zero-order valence-corrected chi connectivity index (χ0v) is 15.6. The van der Waals surface area contributed by atoms with Crippen LogP contribution in [-0.2, 0) is 19.5 Å². The van der Waals surface area contributed by atoms with Gasteiger partial charge in [0.2, 0.25) is 0 Å². The maximum Gasteiger partial charge on any atom is 0.194 e. The Balaban J connectivity index is 0.00000242. The normalized spacial score (nSPS) is 11.0. The van der Waals surface area contributed by atoms with E-state index in [4.69, 9.17) is 4.52 Å². The zero-order chi connectivity index (χ0) is 15.1. The topological polar surface area (TPSA) is 53.7 Å². The monoisotopic (exact) mass is 414 g/mol. The van der Waals surface area contributed by atoms with E-state index in [2.05, 4.69) is 51.6 Å². The van der Waals surface area contributed by atoms with E-state index in [1.165, 1.54) is 11.1 Å². The highest BCUT2D eigenvalue weighted by Crippen LogP contribution is 2.07. The summed E-state index contributed by atoms with van der Waals surface area (Å²) in [5.41, 5.74) is 3.48. The molecular weight excluding hydrogens is 391 g/mol. The van der Waals surface area contributed by atoms with Crippen LogP contribution in [0.25, 0.3) is 0 Å². The Bertz CT molecular complexity index is 566. The number of hydrogen-bond donors (Lipinski definition) is 1. The van der Waals surface area contributed by atoms with Crippen LogP contribution in [0.15, 0.2) is 46.1 Å². The van der Waals surface area contributed by atoms with Gasteiger partial charge in [-0.25, -0.2) is 0 Å². The fraction of sp³-hybridized carbons (Fsp3) is 0.375. The molecule has 0 amide bonds. The first kappa shape index (κ1) is 18.5. The molecule has 1 heterocycles. The summed E-state index contributed by atoms with van der Waals surface area (Å²) < 4.78 is 4.81. The van der Waals surface area contributed by atoms with Crippen molar-refractivity contribution < 1.29 is 4.52 Å². The van der Waals surface area contributed by atoms with E-state index in [9.17, 15) is 0 Å². The number of rotatable bonds is 5. The maximum absolute atomic E-state index is 4.81. The molecule has 0 radical (unpaired) electrons. The lowest BCUT2D eigenvalue weighted by Crippen LogP contribution is -2.38. The molecule has 0 saturated heterocycles. The van der Waals surface area contributed by atoms with Gasteiger partial charge >= 0.3 is 0 Å². The molecule has 0 bridgehead atoms. The fourth-order valence-corrected chi connectivity index (χ4v) is 2.11. The van der Waals surface area contributed by atoms with Crippen molar-refractivity contribution in [1.82, 2.24) is 15.4 Å². The van der Waals surface area contributed by atoms with Gasteiger partial charge in [-0.15, -0.1) is 24.0 Å². The largest absolute Gasteiger partial charge is 0.364 e. The second kappa shape index (κ2) is 9.45. The summed E-state index contributed by atoms with van der Waals surface area (Å²) in [7, 11) is 3.80. The number of halogens is 1. The number of benzene rings is 1. The van der Waals surface area contributed by atoms with E-state index in [-0.39, 0.29) is 24.0 Å². The third-order valence-electron chi connectivity index (χ3n) is 3.34. The van der Waals surface area contributed by atoms with Crippen molar-refractivity contribution in [2.75, 3.05) is 14.1 Å². The Morgan fingerprint density at radius 3 is 2.45 bits per heavy atom. The smallest absolute Gasteiger partial charge is 0.194 e. The molecule has 2 rings (SSSR count). The summed E-state index contributed by atoms with van der Waals surface area (Å²) in [4.78, 5) is 6.37. The number of nitrogens with one attached hydrogen (secondary N) is 1. The Hall–Kier alpha value is -1.57. The van der Waals surface area contributed by atoms with Gasteiger partial charge < -0.3 is 14.7 Å². The maximum atomic E-state index is 4.81. The number of guanidine groups is 1. The molecule has 0 saturated carbocycles. The lowest BCUT2D eigenvalue weighted by molar-refractivity contribution is 0.409. The molecule has 0 aliphatic carbocycles. The Morgan fingerprint density at radius 2 is 1.91 bits per heavy atom. The second-order valence-corrected chi connectivity index (χ2v) is 4.92. The van der Waals surface area contributed by atoms with Gasteiger partial charge in [0.05, 0.1) is 6.54 Å². The minimum atomic E-state index is 0. The standard InChI is InChI=1S/C16H22N4O.HI/c1-4-13-5-7-14(8-6-13)12-20(3)16(17-2)18-11-15-9-10-21-19-15;/h5-10H,4,11-12H2,1-3H3,(H,17,18);1H. The first-order valence-electron chi connectivity index (χ1n) is 7.11.